The lowest BCUT2D eigenvalue weighted by molar-refractivity contribution is -0.146. The van der Waals surface area contributed by atoms with Crippen LogP contribution >= 0.6 is 0 Å². The van der Waals surface area contributed by atoms with Crippen molar-refractivity contribution in [3.8, 4) is 0 Å². The van der Waals surface area contributed by atoms with Gasteiger partial charge in [-0.05, 0) is 31.7 Å². The molecule has 2 heterocycles. The van der Waals surface area contributed by atoms with Crippen molar-refractivity contribution in [3.05, 3.63) is 35.4 Å². The molecule has 5 nitrogen and oxygen atoms in total. The van der Waals surface area contributed by atoms with Crippen LogP contribution in [0.2, 0.25) is 0 Å². The molecule has 2 saturated heterocycles. The van der Waals surface area contributed by atoms with Crippen LogP contribution in [0.3, 0.4) is 0 Å². The van der Waals surface area contributed by atoms with E-state index in [4.69, 9.17) is 9.47 Å². The molecule has 0 aliphatic carbocycles. The molecule has 0 spiro atoms. The number of carbonyl (C=O) groups is 1. The minimum Gasteiger partial charge on any atom is -0.376 e. The molecule has 1 N–H and O–H groups in total. The Balaban J connectivity index is 1.61. The Morgan fingerprint density at radius 1 is 1.25 bits per heavy atom. The van der Waals surface area contributed by atoms with Crippen molar-refractivity contribution >= 4 is 5.91 Å². The number of carbonyl (C=O) groups excluding carboxylic acids is 1. The molecule has 132 valence electrons. The summed E-state index contributed by atoms with van der Waals surface area (Å²) in [6.07, 6.45) is 2.80. The fourth-order valence-corrected chi connectivity index (χ4v) is 3.27. The summed E-state index contributed by atoms with van der Waals surface area (Å²) in [5, 5.41) is 3.24. The maximum absolute atomic E-state index is 12.9. The van der Waals surface area contributed by atoms with Gasteiger partial charge in [-0.15, -0.1) is 0 Å². The molecule has 0 saturated carbocycles. The third-order valence-corrected chi connectivity index (χ3v) is 4.75. The SMILES string of the molecule is Cc1ccc(CCN(CC2CCCO2)C(=O)C2CNCCO2)cc1. The zero-order valence-electron chi connectivity index (χ0n) is 14.5. The smallest absolute Gasteiger partial charge is 0.253 e. The lowest BCUT2D eigenvalue weighted by Gasteiger charge is -2.31. The first-order chi connectivity index (χ1) is 11.7. The lowest BCUT2D eigenvalue weighted by atomic mass is 10.1. The quantitative estimate of drug-likeness (QED) is 0.858. The molecule has 5 heteroatoms. The van der Waals surface area contributed by atoms with Crippen molar-refractivity contribution < 1.29 is 14.3 Å². The molecule has 1 aromatic carbocycles. The van der Waals surface area contributed by atoms with Crippen LogP contribution in [0.15, 0.2) is 24.3 Å². The van der Waals surface area contributed by atoms with Crippen molar-refractivity contribution in [2.24, 2.45) is 0 Å². The first-order valence-electron chi connectivity index (χ1n) is 9.00. The van der Waals surface area contributed by atoms with Gasteiger partial charge < -0.3 is 19.7 Å². The predicted molar refractivity (Wildman–Crippen MR) is 93.0 cm³/mol. The second kappa shape index (κ2) is 8.60. The van der Waals surface area contributed by atoms with Crippen LogP contribution in [0.1, 0.15) is 24.0 Å². The molecule has 1 amide bonds. The van der Waals surface area contributed by atoms with Crippen LogP contribution in [0.4, 0.5) is 0 Å². The van der Waals surface area contributed by atoms with Gasteiger partial charge in [-0.2, -0.15) is 0 Å². The summed E-state index contributed by atoms with van der Waals surface area (Å²) in [5.74, 6) is 0.0878. The van der Waals surface area contributed by atoms with Crippen molar-refractivity contribution in [2.45, 2.75) is 38.4 Å². The molecule has 1 aromatic rings. The summed E-state index contributed by atoms with van der Waals surface area (Å²) in [6.45, 7) is 6.30. The van der Waals surface area contributed by atoms with Gasteiger partial charge in [-0.1, -0.05) is 29.8 Å². The van der Waals surface area contributed by atoms with Crippen molar-refractivity contribution in [1.82, 2.24) is 10.2 Å². The molecule has 0 radical (unpaired) electrons. The summed E-state index contributed by atoms with van der Waals surface area (Å²) in [4.78, 5) is 14.8. The maximum atomic E-state index is 12.9. The first-order valence-corrected chi connectivity index (χ1v) is 9.00. The van der Waals surface area contributed by atoms with Crippen LogP contribution in [0, 0.1) is 6.92 Å². The van der Waals surface area contributed by atoms with Crippen molar-refractivity contribution in [2.75, 3.05) is 39.4 Å². The van der Waals surface area contributed by atoms with Crippen LogP contribution in [0.25, 0.3) is 0 Å². The average Bonchev–Trinajstić information content (AvgIpc) is 3.13. The third-order valence-electron chi connectivity index (χ3n) is 4.75. The second-order valence-corrected chi connectivity index (χ2v) is 6.72. The molecule has 2 aliphatic heterocycles. The van der Waals surface area contributed by atoms with Crippen molar-refractivity contribution in [3.63, 3.8) is 0 Å². The summed E-state index contributed by atoms with van der Waals surface area (Å²) >= 11 is 0. The first kappa shape index (κ1) is 17.4. The summed E-state index contributed by atoms with van der Waals surface area (Å²) in [5.41, 5.74) is 2.51. The van der Waals surface area contributed by atoms with Crippen molar-refractivity contribution in [1.29, 1.82) is 0 Å². The van der Waals surface area contributed by atoms with E-state index in [2.05, 4.69) is 36.5 Å². The van der Waals surface area contributed by atoms with Crippen LogP contribution in [-0.2, 0) is 20.7 Å². The van der Waals surface area contributed by atoms with E-state index in [0.29, 0.717) is 26.2 Å². The number of rotatable bonds is 6. The Morgan fingerprint density at radius 3 is 2.75 bits per heavy atom. The van der Waals surface area contributed by atoms with E-state index in [1.807, 2.05) is 4.90 Å². The maximum Gasteiger partial charge on any atom is 0.253 e. The predicted octanol–water partition coefficient (Wildman–Crippen LogP) is 1.53. The molecule has 2 unspecified atom stereocenters. The number of nitrogens with zero attached hydrogens (tertiary/aromatic N) is 1. The molecule has 0 aromatic heterocycles. The highest BCUT2D eigenvalue weighted by molar-refractivity contribution is 5.81. The van der Waals surface area contributed by atoms with Gasteiger partial charge in [0.25, 0.3) is 5.91 Å². The van der Waals surface area contributed by atoms with E-state index in [1.54, 1.807) is 0 Å². The molecule has 3 rings (SSSR count). The third kappa shape index (κ3) is 4.79. The van der Waals surface area contributed by atoms with Gasteiger partial charge in [-0.3, -0.25) is 4.79 Å². The standard InChI is InChI=1S/C19H28N2O3/c1-15-4-6-16(7-5-15)8-10-21(14-17-3-2-11-23-17)19(22)18-13-20-9-12-24-18/h4-7,17-18,20H,2-3,8-14H2,1H3. The molecule has 2 atom stereocenters. The van der Waals surface area contributed by atoms with Gasteiger partial charge >= 0.3 is 0 Å². The van der Waals surface area contributed by atoms with Crippen LogP contribution < -0.4 is 5.32 Å². The fraction of sp³-hybridized carbons (Fsp3) is 0.632. The van der Waals surface area contributed by atoms with E-state index in [-0.39, 0.29) is 18.1 Å². The number of aryl methyl sites for hydroxylation is 1. The minimum atomic E-state index is -0.363. The molecular formula is C19H28N2O3. The molecule has 2 aliphatic rings. The summed E-state index contributed by atoms with van der Waals surface area (Å²) in [7, 11) is 0. The second-order valence-electron chi connectivity index (χ2n) is 6.72. The highest BCUT2D eigenvalue weighted by Crippen LogP contribution is 2.15. The monoisotopic (exact) mass is 332 g/mol. The van der Waals surface area contributed by atoms with Gasteiger partial charge in [-0.25, -0.2) is 0 Å². The van der Waals surface area contributed by atoms with Gasteiger partial charge in [0.1, 0.15) is 6.10 Å². The molecule has 24 heavy (non-hydrogen) atoms. The highest BCUT2D eigenvalue weighted by Gasteiger charge is 2.29. The van der Waals surface area contributed by atoms with E-state index < -0.39 is 0 Å². The normalized spacial score (nSPS) is 24.0. The number of benzene rings is 1. The Kier molecular flexibility index (Phi) is 6.24. The Hall–Kier alpha value is -1.43. The number of ether oxygens (including phenoxy) is 2. The van der Waals surface area contributed by atoms with Crippen LogP contribution in [0.5, 0.6) is 0 Å². The van der Waals surface area contributed by atoms with Crippen LogP contribution in [-0.4, -0.2) is 62.4 Å². The number of nitrogens with one attached hydrogen (secondary N) is 1. The van der Waals surface area contributed by atoms with E-state index in [1.165, 1.54) is 11.1 Å². The zero-order valence-corrected chi connectivity index (χ0v) is 14.5. The van der Waals surface area contributed by atoms with Gasteiger partial charge in [0, 0.05) is 32.8 Å². The largest absolute Gasteiger partial charge is 0.376 e. The van der Waals surface area contributed by atoms with Gasteiger partial charge in [0.15, 0.2) is 0 Å². The summed E-state index contributed by atoms with van der Waals surface area (Å²) < 4.78 is 11.4. The molecule has 0 bridgehead atoms. The molecule has 2 fully saturated rings. The lowest BCUT2D eigenvalue weighted by Crippen LogP contribution is -2.51. The topological polar surface area (TPSA) is 50.8 Å². The average molecular weight is 332 g/mol. The van der Waals surface area contributed by atoms with E-state index in [9.17, 15) is 4.79 Å². The zero-order chi connectivity index (χ0) is 16.8. The molecular weight excluding hydrogens is 304 g/mol. The van der Waals surface area contributed by atoms with Gasteiger partial charge in [0.05, 0.1) is 12.7 Å². The Morgan fingerprint density at radius 2 is 2.08 bits per heavy atom. The fourth-order valence-electron chi connectivity index (χ4n) is 3.27. The Labute approximate surface area is 144 Å². The van der Waals surface area contributed by atoms with Gasteiger partial charge in [0.2, 0.25) is 0 Å². The number of morpholine rings is 1. The highest BCUT2D eigenvalue weighted by atomic mass is 16.5. The Bertz CT molecular complexity index is 520. The number of amides is 1. The van der Waals surface area contributed by atoms with E-state index >= 15 is 0 Å². The minimum absolute atomic E-state index is 0.0878. The summed E-state index contributed by atoms with van der Waals surface area (Å²) in [6, 6.07) is 8.52. The van der Waals surface area contributed by atoms with E-state index in [0.717, 1.165) is 32.4 Å². The number of hydrogen-bond acceptors (Lipinski definition) is 4. The number of hydrogen-bond donors (Lipinski definition) is 1.